The fourth-order valence-corrected chi connectivity index (χ4v) is 2.73. The van der Waals surface area contributed by atoms with Gasteiger partial charge in [-0.05, 0) is 36.6 Å². The zero-order valence-corrected chi connectivity index (χ0v) is 12.9. The van der Waals surface area contributed by atoms with Gasteiger partial charge < -0.3 is 5.11 Å². The van der Waals surface area contributed by atoms with E-state index in [1.807, 2.05) is 12.1 Å². The first-order valence-electron chi connectivity index (χ1n) is 7.40. The molecule has 1 heterocycles. The Balaban J connectivity index is 1.69. The molecule has 3 nitrogen and oxygen atoms in total. The summed E-state index contributed by atoms with van der Waals surface area (Å²) in [6, 6.07) is 10.3. The Morgan fingerprint density at radius 2 is 2.00 bits per heavy atom. The highest BCUT2D eigenvalue weighted by Gasteiger charge is 2.31. The van der Waals surface area contributed by atoms with Crippen LogP contribution in [0.5, 0.6) is 0 Å². The number of benzene rings is 1. The zero-order chi connectivity index (χ0) is 15.5. The van der Waals surface area contributed by atoms with E-state index in [-0.39, 0.29) is 5.82 Å². The minimum Gasteiger partial charge on any atom is -0.387 e. The molecule has 0 saturated heterocycles. The van der Waals surface area contributed by atoms with Crippen molar-refractivity contribution in [3.8, 4) is 0 Å². The molecule has 1 atom stereocenters. The van der Waals surface area contributed by atoms with Crippen LogP contribution in [0, 0.1) is 5.82 Å². The Bertz CT molecular complexity index is 631. The van der Waals surface area contributed by atoms with Gasteiger partial charge in [0.25, 0.3) is 0 Å². The summed E-state index contributed by atoms with van der Waals surface area (Å²) in [4.78, 5) is 6.31. The summed E-state index contributed by atoms with van der Waals surface area (Å²) in [6.07, 6.45) is 3.29. The summed E-state index contributed by atoms with van der Waals surface area (Å²) in [5.41, 5.74) is 1.69. The van der Waals surface area contributed by atoms with Crippen LogP contribution in [0.1, 0.15) is 30.1 Å². The van der Waals surface area contributed by atoms with Crippen LogP contribution in [0.2, 0.25) is 5.15 Å². The molecular formula is C17H18ClFN2O. The van der Waals surface area contributed by atoms with Crippen molar-refractivity contribution >= 4 is 11.6 Å². The molecule has 0 amide bonds. The van der Waals surface area contributed by atoms with Crippen LogP contribution < -0.4 is 0 Å². The number of pyridine rings is 1. The van der Waals surface area contributed by atoms with Crippen molar-refractivity contribution in [2.45, 2.75) is 31.5 Å². The molecule has 1 aliphatic rings. The first-order chi connectivity index (χ1) is 10.6. The SMILES string of the molecule is OC(CN(Cc1cccnc1Cl)C1CC1)c1ccc(F)cc1. The quantitative estimate of drug-likeness (QED) is 0.827. The molecule has 2 aromatic rings. The minimum absolute atomic E-state index is 0.294. The highest BCUT2D eigenvalue weighted by molar-refractivity contribution is 6.30. The lowest BCUT2D eigenvalue weighted by Crippen LogP contribution is -2.30. The molecule has 1 aromatic carbocycles. The maximum atomic E-state index is 13.0. The largest absolute Gasteiger partial charge is 0.387 e. The summed E-state index contributed by atoms with van der Waals surface area (Å²) in [5.74, 6) is -0.294. The van der Waals surface area contributed by atoms with Gasteiger partial charge in [-0.15, -0.1) is 0 Å². The van der Waals surface area contributed by atoms with Crippen molar-refractivity contribution < 1.29 is 9.50 Å². The average molecular weight is 321 g/mol. The summed E-state index contributed by atoms with van der Waals surface area (Å²) in [6.45, 7) is 1.16. The van der Waals surface area contributed by atoms with E-state index in [0.717, 1.165) is 24.0 Å². The standard InChI is InChI=1S/C17H18ClFN2O/c18-17-13(2-1-9-20-17)10-21(15-7-8-15)11-16(22)12-3-5-14(19)6-4-12/h1-6,9,15-16,22H,7-8,10-11H2. The van der Waals surface area contributed by atoms with Gasteiger partial charge in [0.1, 0.15) is 11.0 Å². The van der Waals surface area contributed by atoms with Gasteiger partial charge in [0.05, 0.1) is 6.10 Å². The maximum Gasteiger partial charge on any atom is 0.133 e. The van der Waals surface area contributed by atoms with Gasteiger partial charge in [0.2, 0.25) is 0 Å². The molecule has 0 bridgehead atoms. The van der Waals surface area contributed by atoms with Crippen molar-refractivity contribution in [1.82, 2.24) is 9.88 Å². The van der Waals surface area contributed by atoms with E-state index in [9.17, 15) is 9.50 Å². The smallest absolute Gasteiger partial charge is 0.133 e. The highest BCUT2D eigenvalue weighted by atomic mass is 35.5. The summed E-state index contributed by atoms with van der Waals surface area (Å²) in [5, 5.41) is 10.9. The third kappa shape index (κ3) is 3.83. The van der Waals surface area contributed by atoms with Gasteiger partial charge in [0.15, 0.2) is 0 Å². The number of hydrogen-bond donors (Lipinski definition) is 1. The van der Waals surface area contributed by atoms with Crippen LogP contribution in [0.25, 0.3) is 0 Å². The van der Waals surface area contributed by atoms with Crippen LogP contribution in [0.4, 0.5) is 4.39 Å². The molecule has 0 spiro atoms. The van der Waals surface area contributed by atoms with E-state index in [2.05, 4.69) is 9.88 Å². The molecule has 3 rings (SSSR count). The highest BCUT2D eigenvalue weighted by Crippen LogP contribution is 2.31. The molecular weight excluding hydrogens is 303 g/mol. The van der Waals surface area contributed by atoms with Crippen LogP contribution >= 0.6 is 11.6 Å². The van der Waals surface area contributed by atoms with Gasteiger partial charge >= 0.3 is 0 Å². The fraction of sp³-hybridized carbons (Fsp3) is 0.353. The Morgan fingerprint density at radius 3 is 2.64 bits per heavy atom. The van der Waals surface area contributed by atoms with Crippen molar-refractivity contribution in [3.63, 3.8) is 0 Å². The third-order valence-electron chi connectivity index (χ3n) is 3.94. The Kier molecular flexibility index (Phi) is 4.71. The summed E-state index contributed by atoms with van der Waals surface area (Å²) in [7, 11) is 0. The fourth-order valence-electron chi connectivity index (χ4n) is 2.55. The summed E-state index contributed by atoms with van der Waals surface area (Å²) >= 11 is 6.12. The number of hydrogen-bond acceptors (Lipinski definition) is 3. The lowest BCUT2D eigenvalue weighted by molar-refractivity contribution is 0.104. The van der Waals surface area contributed by atoms with E-state index in [0.29, 0.717) is 24.3 Å². The molecule has 1 aromatic heterocycles. The maximum absolute atomic E-state index is 13.0. The van der Waals surface area contributed by atoms with E-state index < -0.39 is 6.10 Å². The number of aliphatic hydroxyl groups excluding tert-OH is 1. The van der Waals surface area contributed by atoms with Gasteiger partial charge in [0, 0.05) is 30.9 Å². The molecule has 22 heavy (non-hydrogen) atoms. The lowest BCUT2D eigenvalue weighted by atomic mass is 10.1. The molecule has 116 valence electrons. The Morgan fingerprint density at radius 1 is 1.27 bits per heavy atom. The molecule has 1 aliphatic carbocycles. The van der Waals surface area contributed by atoms with Crippen LogP contribution in [-0.4, -0.2) is 27.6 Å². The predicted molar refractivity (Wildman–Crippen MR) is 84.0 cm³/mol. The molecule has 1 saturated carbocycles. The number of nitrogens with zero attached hydrogens (tertiary/aromatic N) is 2. The van der Waals surface area contributed by atoms with E-state index in [1.54, 1.807) is 18.3 Å². The lowest BCUT2D eigenvalue weighted by Gasteiger charge is -2.25. The number of aromatic nitrogens is 1. The van der Waals surface area contributed by atoms with Gasteiger partial charge in [-0.3, -0.25) is 4.90 Å². The monoisotopic (exact) mass is 320 g/mol. The number of aliphatic hydroxyl groups is 1. The van der Waals surface area contributed by atoms with Crippen molar-refractivity contribution in [1.29, 1.82) is 0 Å². The predicted octanol–water partition coefficient (Wildman–Crippen LogP) is 3.57. The summed E-state index contributed by atoms with van der Waals surface area (Å²) < 4.78 is 13.0. The first kappa shape index (κ1) is 15.4. The van der Waals surface area contributed by atoms with Crippen molar-refractivity contribution in [3.05, 3.63) is 64.7 Å². The van der Waals surface area contributed by atoms with Crippen molar-refractivity contribution in [2.24, 2.45) is 0 Å². The van der Waals surface area contributed by atoms with Gasteiger partial charge in [-0.25, -0.2) is 9.37 Å². The number of halogens is 2. The minimum atomic E-state index is -0.642. The van der Waals surface area contributed by atoms with Crippen LogP contribution in [0.15, 0.2) is 42.6 Å². The van der Waals surface area contributed by atoms with Crippen molar-refractivity contribution in [2.75, 3.05) is 6.54 Å². The van der Waals surface area contributed by atoms with Crippen LogP contribution in [0.3, 0.4) is 0 Å². The molecule has 1 N–H and O–H groups in total. The second-order valence-electron chi connectivity index (χ2n) is 5.68. The van der Waals surface area contributed by atoms with E-state index in [1.165, 1.54) is 12.1 Å². The second kappa shape index (κ2) is 6.73. The Labute approximate surface area is 134 Å². The molecule has 0 aliphatic heterocycles. The van der Waals surface area contributed by atoms with Crippen LogP contribution in [-0.2, 0) is 6.54 Å². The normalized spacial score (nSPS) is 16.0. The topological polar surface area (TPSA) is 36.4 Å². The molecule has 0 radical (unpaired) electrons. The van der Waals surface area contributed by atoms with E-state index in [4.69, 9.17) is 11.6 Å². The number of rotatable bonds is 6. The molecule has 1 unspecified atom stereocenters. The Hall–Kier alpha value is -1.49. The zero-order valence-electron chi connectivity index (χ0n) is 12.1. The molecule has 5 heteroatoms. The average Bonchev–Trinajstić information content (AvgIpc) is 3.34. The van der Waals surface area contributed by atoms with Gasteiger partial charge in [-0.1, -0.05) is 29.8 Å². The first-order valence-corrected chi connectivity index (χ1v) is 7.78. The van der Waals surface area contributed by atoms with E-state index >= 15 is 0 Å². The van der Waals surface area contributed by atoms with Gasteiger partial charge in [-0.2, -0.15) is 0 Å². The molecule has 1 fully saturated rings. The third-order valence-corrected chi connectivity index (χ3v) is 4.28. The second-order valence-corrected chi connectivity index (χ2v) is 6.04.